The van der Waals surface area contributed by atoms with Gasteiger partial charge in [0.2, 0.25) is 0 Å². The van der Waals surface area contributed by atoms with Gasteiger partial charge < -0.3 is 11.1 Å². The number of hydrogen-bond donors (Lipinski definition) is 3. The number of nitrogens with two attached hydrogens (primary N) is 1. The van der Waals surface area contributed by atoms with E-state index in [9.17, 15) is 13.2 Å². The SMILES string of the molecule is Cc1cc(C#N)cnc1C(=O)Nc1ccc2c(c1)C(CS(=O)(=O)C(C)(C)C(=N)N)CCC2. The van der Waals surface area contributed by atoms with E-state index >= 15 is 0 Å². The molecule has 1 heterocycles. The van der Waals surface area contributed by atoms with Gasteiger partial charge in [-0.15, -0.1) is 0 Å². The molecule has 1 aromatic heterocycles. The highest BCUT2D eigenvalue weighted by molar-refractivity contribution is 7.93. The van der Waals surface area contributed by atoms with Crippen molar-refractivity contribution in [3.8, 4) is 6.07 Å². The second kappa shape index (κ2) is 8.71. The summed E-state index contributed by atoms with van der Waals surface area (Å²) in [5.41, 5.74) is 9.25. The normalized spacial score (nSPS) is 16.0. The van der Waals surface area contributed by atoms with Crippen LogP contribution in [0, 0.1) is 23.7 Å². The van der Waals surface area contributed by atoms with Crippen molar-refractivity contribution in [3.63, 3.8) is 0 Å². The molecule has 0 saturated heterocycles. The molecule has 1 aromatic carbocycles. The van der Waals surface area contributed by atoms with E-state index in [0.717, 1.165) is 24.0 Å². The van der Waals surface area contributed by atoms with Gasteiger partial charge in [-0.25, -0.2) is 13.4 Å². The van der Waals surface area contributed by atoms with Crippen LogP contribution in [0.5, 0.6) is 0 Å². The number of amidine groups is 1. The Morgan fingerprint density at radius 3 is 2.72 bits per heavy atom. The average molecular weight is 454 g/mol. The molecule has 8 nitrogen and oxygen atoms in total. The fraction of sp³-hybridized carbons (Fsp3) is 0.391. The highest BCUT2D eigenvalue weighted by atomic mass is 32.2. The lowest BCUT2D eigenvalue weighted by Gasteiger charge is -2.30. The summed E-state index contributed by atoms with van der Waals surface area (Å²) in [4.78, 5) is 16.8. The number of carbonyl (C=O) groups excluding carboxylic acids is 1. The summed E-state index contributed by atoms with van der Waals surface area (Å²) in [6, 6.07) is 9.14. The van der Waals surface area contributed by atoms with E-state index in [4.69, 9.17) is 16.4 Å². The molecule has 168 valence electrons. The minimum absolute atomic E-state index is 0.111. The third-order valence-corrected chi connectivity index (χ3v) is 8.73. The second-order valence-corrected chi connectivity index (χ2v) is 11.2. The number of aromatic nitrogens is 1. The molecular formula is C23H27N5O3S. The maximum absolute atomic E-state index is 13.0. The number of nitrogens with zero attached hydrogens (tertiary/aromatic N) is 2. The number of rotatable bonds is 6. The first-order chi connectivity index (χ1) is 15.0. The Morgan fingerprint density at radius 1 is 1.38 bits per heavy atom. The van der Waals surface area contributed by atoms with Gasteiger partial charge in [-0.05, 0) is 80.8 Å². The van der Waals surface area contributed by atoms with Gasteiger partial charge in [0.25, 0.3) is 5.91 Å². The maximum Gasteiger partial charge on any atom is 0.274 e. The third kappa shape index (κ3) is 4.50. The molecule has 0 saturated carbocycles. The van der Waals surface area contributed by atoms with E-state index in [-0.39, 0.29) is 23.2 Å². The third-order valence-electron chi connectivity index (χ3n) is 6.11. The van der Waals surface area contributed by atoms with Crippen molar-refractivity contribution >= 4 is 27.3 Å². The highest BCUT2D eigenvalue weighted by Crippen LogP contribution is 2.36. The van der Waals surface area contributed by atoms with Crippen molar-refractivity contribution in [1.82, 2.24) is 4.98 Å². The minimum atomic E-state index is -3.67. The predicted octanol–water partition coefficient (Wildman–Crippen LogP) is 3.06. The summed E-state index contributed by atoms with van der Waals surface area (Å²) in [6.45, 7) is 4.63. The lowest BCUT2D eigenvalue weighted by atomic mass is 9.83. The monoisotopic (exact) mass is 453 g/mol. The Morgan fingerprint density at radius 2 is 2.09 bits per heavy atom. The number of fused-ring (bicyclic) bond motifs is 1. The van der Waals surface area contributed by atoms with Crippen LogP contribution in [0.3, 0.4) is 0 Å². The maximum atomic E-state index is 13.0. The molecule has 1 unspecified atom stereocenters. The number of hydrogen-bond acceptors (Lipinski definition) is 6. The van der Waals surface area contributed by atoms with Crippen LogP contribution in [0.4, 0.5) is 5.69 Å². The van der Waals surface area contributed by atoms with Gasteiger partial charge in [-0.2, -0.15) is 5.26 Å². The zero-order chi connectivity index (χ0) is 23.7. The van der Waals surface area contributed by atoms with Crippen molar-refractivity contribution in [2.24, 2.45) is 5.73 Å². The quantitative estimate of drug-likeness (QED) is 0.452. The summed E-state index contributed by atoms with van der Waals surface area (Å²) >= 11 is 0. The first-order valence-corrected chi connectivity index (χ1v) is 12.0. The van der Waals surface area contributed by atoms with Crippen LogP contribution in [0.2, 0.25) is 0 Å². The van der Waals surface area contributed by atoms with E-state index in [1.165, 1.54) is 20.0 Å². The van der Waals surface area contributed by atoms with Crippen LogP contribution in [0.1, 0.15) is 65.3 Å². The van der Waals surface area contributed by atoms with Crippen molar-refractivity contribution in [3.05, 3.63) is 58.4 Å². The number of carbonyl (C=O) groups is 1. The standard InChI is InChI=1S/C23H27N5O3S/c1-14-9-15(11-24)12-27-20(14)21(29)28-18-8-7-16-5-4-6-17(19(16)10-18)13-32(30,31)23(2,3)22(25)26/h7-10,12,17H,4-6,13H2,1-3H3,(H3,25,26)(H,28,29). The molecule has 0 fully saturated rings. The van der Waals surface area contributed by atoms with Crippen LogP contribution in [-0.2, 0) is 16.3 Å². The van der Waals surface area contributed by atoms with Gasteiger partial charge in [0.05, 0.1) is 11.3 Å². The van der Waals surface area contributed by atoms with E-state index in [0.29, 0.717) is 23.2 Å². The van der Waals surface area contributed by atoms with E-state index < -0.39 is 20.5 Å². The Hall–Kier alpha value is -3.25. The van der Waals surface area contributed by atoms with Crippen LogP contribution in [0.25, 0.3) is 0 Å². The summed E-state index contributed by atoms with van der Waals surface area (Å²) in [6.07, 6.45) is 3.76. The number of benzene rings is 1. The number of nitrogens with one attached hydrogen (secondary N) is 2. The van der Waals surface area contributed by atoms with Crippen molar-refractivity contribution in [1.29, 1.82) is 10.7 Å². The Balaban J connectivity index is 1.87. The largest absolute Gasteiger partial charge is 0.386 e. The van der Waals surface area contributed by atoms with Gasteiger partial charge in [0.15, 0.2) is 9.84 Å². The summed E-state index contributed by atoms with van der Waals surface area (Å²) < 4.78 is 24.5. The lowest BCUT2D eigenvalue weighted by Crippen LogP contribution is -2.46. The molecule has 9 heteroatoms. The van der Waals surface area contributed by atoms with Crippen molar-refractivity contribution < 1.29 is 13.2 Å². The predicted molar refractivity (Wildman–Crippen MR) is 124 cm³/mol. The summed E-state index contributed by atoms with van der Waals surface area (Å²) in [5, 5.41) is 19.5. The molecule has 0 aliphatic heterocycles. The minimum Gasteiger partial charge on any atom is -0.386 e. The molecule has 1 aliphatic rings. The molecular weight excluding hydrogens is 426 g/mol. The molecule has 2 aromatic rings. The molecule has 1 amide bonds. The van der Waals surface area contributed by atoms with Crippen LogP contribution in [0.15, 0.2) is 30.5 Å². The zero-order valence-electron chi connectivity index (χ0n) is 18.4. The summed E-state index contributed by atoms with van der Waals surface area (Å²) in [7, 11) is -3.67. The van der Waals surface area contributed by atoms with Gasteiger partial charge in [0.1, 0.15) is 22.3 Å². The zero-order valence-corrected chi connectivity index (χ0v) is 19.2. The van der Waals surface area contributed by atoms with Gasteiger partial charge in [-0.1, -0.05) is 6.07 Å². The first-order valence-electron chi connectivity index (χ1n) is 10.3. The van der Waals surface area contributed by atoms with Crippen LogP contribution >= 0.6 is 0 Å². The number of anilines is 1. The lowest BCUT2D eigenvalue weighted by molar-refractivity contribution is 0.102. The first kappa shape index (κ1) is 23.4. The van der Waals surface area contributed by atoms with Crippen LogP contribution < -0.4 is 11.1 Å². The van der Waals surface area contributed by atoms with Crippen LogP contribution in [-0.4, -0.2) is 35.6 Å². The van der Waals surface area contributed by atoms with Gasteiger partial charge in [-0.3, -0.25) is 10.2 Å². The molecule has 3 rings (SSSR count). The topological polar surface area (TPSA) is 150 Å². The van der Waals surface area contributed by atoms with Crippen molar-refractivity contribution in [2.45, 2.75) is 50.7 Å². The second-order valence-electron chi connectivity index (χ2n) is 8.66. The van der Waals surface area contributed by atoms with E-state index in [2.05, 4.69) is 10.3 Å². The molecule has 1 aliphatic carbocycles. The Kier molecular flexibility index (Phi) is 6.37. The molecule has 0 spiro atoms. The smallest absolute Gasteiger partial charge is 0.274 e. The number of pyridine rings is 1. The van der Waals surface area contributed by atoms with Gasteiger partial charge >= 0.3 is 0 Å². The summed E-state index contributed by atoms with van der Waals surface area (Å²) in [5.74, 6) is -1.13. The molecule has 0 radical (unpaired) electrons. The number of nitriles is 1. The van der Waals surface area contributed by atoms with E-state index in [1.54, 1.807) is 19.1 Å². The average Bonchev–Trinajstić information content (AvgIpc) is 2.73. The molecule has 4 N–H and O–H groups in total. The highest BCUT2D eigenvalue weighted by Gasteiger charge is 2.40. The van der Waals surface area contributed by atoms with E-state index in [1.807, 2.05) is 18.2 Å². The number of sulfone groups is 1. The number of aryl methyl sites for hydroxylation is 2. The molecule has 0 bridgehead atoms. The van der Waals surface area contributed by atoms with Gasteiger partial charge in [0, 0.05) is 11.9 Å². The van der Waals surface area contributed by atoms with Crippen molar-refractivity contribution in [2.75, 3.05) is 11.1 Å². The number of amides is 1. The molecule has 32 heavy (non-hydrogen) atoms. The Labute approximate surface area is 188 Å². The fourth-order valence-electron chi connectivity index (χ4n) is 3.85. The Bertz CT molecular complexity index is 1230. The molecule has 1 atom stereocenters. The fourth-order valence-corrected chi connectivity index (χ4v) is 5.48.